The fourth-order valence-electron chi connectivity index (χ4n) is 10.9. The van der Waals surface area contributed by atoms with Gasteiger partial charge in [-0.05, 0) is 140 Å². The van der Waals surface area contributed by atoms with Crippen molar-refractivity contribution in [3.8, 4) is 22.3 Å². The molecule has 0 radical (unpaired) electrons. The molecule has 14 nitrogen and oxygen atoms in total. The molecule has 14 heteroatoms. The van der Waals surface area contributed by atoms with Crippen LogP contribution in [0.25, 0.3) is 44.3 Å². The van der Waals surface area contributed by atoms with Crippen LogP contribution >= 0.6 is 0 Å². The number of amides is 1. The van der Waals surface area contributed by atoms with E-state index in [2.05, 4.69) is 48.5 Å². The molecule has 0 unspecified atom stereocenters. The lowest BCUT2D eigenvalue weighted by atomic mass is 9.97. The smallest absolute Gasteiger partial charge is 0.412 e. The van der Waals surface area contributed by atoms with Gasteiger partial charge in [0, 0.05) is 122 Å². The van der Waals surface area contributed by atoms with E-state index in [1.165, 1.54) is 37.1 Å². The highest BCUT2D eigenvalue weighted by Gasteiger charge is 2.31. The Morgan fingerprint density at radius 3 is 1.49 bits per heavy atom. The molecule has 0 atom stereocenters. The number of nitrogens with zero attached hydrogens (tertiary/aromatic N) is 6. The van der Waals surface area contributed by atoms with Crippen molar-refractivity contribution in [2.45, 2.75) is 89.8 Å². The third-order valence-electron chi connectivity index (χ3n) is 15.5. The van der Waals surface area contributed by atoms with Crippen LogP contribution < -0.4 is 11.1 Å². The number of carbonyl (C=O) groups is 3. The standard InChI is InChI=1S/C35H40N4O4.C30H32N4O2/c1-35(2,3)43-34(41)37-30-12-11-26(24-7-5-4-6-8-24)19-27(30)22-32(40)29-20-28-21-31(25-9-10-25)39(33(28)36-23-29)14-13-38-15-17-42-18-16-38;31-27-9-8-23(21-4-2-1-3-5-21)16-24(27)19-29(35)26-17-25-18-28(22-6-7-22)34(30(25)32-20-26)11-10-33-12-14-36-15-13-33/h4-8,11-12,19-21,23,25H,9-10,13-18,22H2,1-3H3,(H,37,41);1-5,8-9,16-18,20,22H,6-7,10-15,19,31H2. The van der Waals surface area contributed by atoms with E-state index < -0.39 is 11.7 Å². The number of rotatable bonds is 17. The van der Waals surface area contributed by atoms with Crippen molar-refractivity contribution in [1.29, 1.82) is 0 Å². The molecular weight excluding hydrogens is 989 g/mol. The SMILES string of the molecule is CC(C)(C)OC(=O)Nc1ccc(-c2ccccc2)cc1CC(=O)c1cnc2c(c1)cc(C1CC1)n2CCN1CCOCC1.Nc1ccc(-c2ccccc2)cc1CC(=O)c1cnc2c(c1)cc(C1CC1)n2CCN1CCOCC1. The summed E-state index contributed by atoms with van der Waals surface area (Å²) in [6, 6.07) is 40.3. The summed E-state index contributed by atoms with van der Waals surface area (Å²) in [5, 5.41) is 4.91. The first-order chi connectivity index (χ1) is 38.4. The minimum atomic E-state index is -0.636. The molecule has 408 valence electrons. The molecule has 79 heavy (non-hydrogen) atoms. The quantitative estimate of drug-likeness (QED) is 0.0660. The largest absolute Gasteiger partial charge is 0.444 e. The number of anilines is 2. The van der Waals surface area contributed by atoms with E-state index in [4.69, 9.17) is 29.9 Å². The molecule has 2 aliphatic heterocycles. The Kier molecular flexibility index (Phi) is 16.2. The van der Waals surface area contributed by atoms with Crippen LogP contribution in [0.1, 0.15) is 102 Å². The highest BCUT2D eigenvalue weighted by atomic mass is 16.6. The molecule has 12 rings (SSSR count). The minimum absolute atomic E-state index is 0.0374. The highest BCUT2D eigenvalue weighted by Crippen LogP contribution is 2.43. The molecule has 4 aromatic carbocycles. The Morgan fingerprint density at radius 1 is 0.570 bits per heavy atom. The summed E-state index contributed by atoms with van der Waals surface area (Å²) in [6.45, 7) is 16.3. The monoisotopic (exact) mass is 1060 g/mol. The number of pyridine rings is 2. The van der Waals surface area contributed by atoms with Crippen molar-refractivity contribution >= 4 is 51.1 Å². The Morgan fingerprint density at radius 2 is 1.03 bits per heavy atom. The third-order valence-corrected chi connectivity index (χ3v) is 15.5. The Bertz CT molecular complexity index is 3450. The number of benzene rings is 4. The summed E-state index contributed by atoms with van der Waals surface area (Å²) < 4.78 is 21.2. The molecule has 2 saturated carbocycles. The second kappa shape index (κ2) is 23.9. The number of Topliss-reactive ketones (excluding diaryl/α,β-unsaturated/α-hetero) is 2. The lowest BCUT2D eigenvalue weighted by Gasteiger charge is -2.27. The van der Waals surface area contributed by atoms with Gasteiger partial charge in [0.05, 0.1) is 26.4 Å². The van der Waals surface area contributed by atoms with Gasteiger partial charge in [0.15, 0.2) is 11.6 Å². The first-order valence-corrected chi connectivity index (χ1v) is 28.2. The zero-order valence-corrected chi connectivity index (χ0v) is 45.8. The van der Waals surface area contributed by atoms with Crippen molar-refractivity contribution in [2.24, 2.45) is 0 Å². The molecule has 2 saturated heterocycles. The fourth-order valence-corrected chi connectivity index (χ4v) is 10.9. The lowest BCUT2D eigenvalue weighted by Crippen LogP contribution is -2.38. The van der Waals surface area contributed by atoms with Gasteiger partial charge in [0.25, 0.3) is 0 Å². The number of hydrogen-bond acceptors (Lipinski definition) is 11. The molecule has 4 aromatic heterocycles. The molecule has 4 aliphatic rings. The Labute approximate surface area is 462 Å². The van der Waals surface area contributed by atoms with Crippen LogP contribution in [0.4, 0.5) is 16.2 Å². The van der Waals surface area contributed by atoms with Gasteiger partial charge in [-0.2, -0.15) is 0 Å². The van der Waals surface area contributed by atoms with Gasteiger partial charge >= 0.3 is 6.09 Å². The van der Waals surface area contributed by atoms with Crippen LogP contribution in [-0.2, 0) is 40.1 Å². The van der Waals surface area contributed by atoms with E-state index in [0.29, 0.717) is 34.3 Å². The average molecular weight is 1060 g/mol. The van der Waals surface area contributed by atoms with Crippen molar-refractivity contribution < 1.29 is 28.6 Å². The van der Waals surface area contributed by atoms with Crippen molar-refractivity contribution in [3.05, 3.63) is 167 Å². The first-order valence-electron chi connectivity index (χ1n) is 28.2. The van der Waals surface area contributed by atoms with Crippen LogP contribution in [0.5, 0.6) is 0 Å². The van der Waals surface area contributed by atoms with E-state index in [1.54, 1.807) is 12.4 Å². The maximum absolute atomic E-state index is 13.7. The number of nitrogen functional groups attached to an aromatic ring is 1. The predicted molar refractivity (Wildman–Crippen MR) is 312 cm³/mol. The maximum atomic E-state index is 13.7. The van der Waals surface area contributed by atoms with Crippen LogP contribution in [0, 0.1) is 0 Å². The molecule has 8 aromatic rings. The highest BCUT2D eigenvalue weighted by molar-refractivity contribution is 6.02. The average Bonchev–Trinajstić information content (AvgIpc) is 4.56. The minimum Gasteiger partial charge on any atom is -0.444 e. The summed E-state index contributed by atoms with van der Waals surface area (Å²) >= 11 is 0. The molecule has 4 fully saturated rings. The number of ether oxygens (including phenoxy) is 3. The fraction of sp³-hybridized carbons (Fsp3) is 0.369. The number of aromatic nitrogens is 4. The number of nitrogens with two attached hydrogens (primary N) is 1. The van der Waals surface area contributed by atoms with Gasteiger partial charge in [-0.3, -0.25) is 24.7 Å². The maximum Gasteiger partial charge on any atom is 0.412 e. The van der Waals surface area contributed by atoms with E-state index in [1.807, 2.05) is 118 Å². The van der Waals surface area contributed by atoms with Gasteiger partial charge in [-0.25, -0.2) is 14.8 Å². The van der Waals surface area contributed by atoms with Gasteiger partial charge < -0.3 is 29.1 Å². The second-order valence-corrected chi connectivity index (χ2v) is 22.5. The second-order valence-electron chi connectivity index (χ2n) is 22.5. The molecule has 3 N–H and O–H groups in total. The van der Waals surface area contributed by atoms with Gasteiger partial charge in [-0.15, -0.1) is 0 Å². The zero-order chi connectivity index (χ0) is 54.5. The normalized spacial score (nSPS) is 16.1. The topological polar surface area (TPSA) is 159 Å². The first kappa shape index (κ1) is 53.5. The number of morpholine rings is 2. The van der Waals surface area contributed by atoms with Gasteiger partial charge in [0.2, 0.25) is 0 Å². The Hall–Kier alpha value is -7.49. The van der Waals surface area contributed by atoms with Crippen molar-refractivity contribution in [1.82, 2.24) is 28.9 Å². The predicted octanol–water partition coefficient (Wildman–Crippen LogP) is 11.6. The molecule has 1 amide bonds. The van der Waals surface area contributed by atoms with E-state index in [-0.39, 0.29) is 24.4 Å². The molecule has 2 aliphatic carbocycles. The Balaban J connectivity index is 0.000000170. The molecule has 6 heterocycles. The molecule has 0 bridgehead atoms. The third kappa shape index (κ3) is 13.3. The van der Waals surface area contributed by atoms with E-state index in [9.17, 15) is 14.4 Å². The summed E-state index contributed by atoms with van der Waals surface area (Å²) in [5.74, 6) is 1.17. The summed E-state index contributed by atoms with van der Waals surface area (Å²) in [4.78, 5) is 54.2. The van der Waals surface area contributed by atoms with Crippen LogP contribution in [0.3, 0.4) is 0 Å². The zero-order valence-electron chi connectivity index (χ0n) is 45.8. The lowest BCUT2D eigenvalue weighted by molar-refractivity contribution is 0.0364. The van der Waals surface area contributed by atoms with Crippen LogP contribution in [0.2, 0.25) is 0 Å². The summed E-state index contributed by atoms with van der Waals surface area (Å²) in [6.07, 6.45) is 8.13. The van der Waals surface area contributed by atoms with Crippen molar-refractivity contribution in [2.75, 3.05) is 76.7 Å². The van der Waals surface area contributed by atoms with E-state index in [0.717, 1.165) is 134 Å². The number of ketones is 2. The summed E-state index contributed by atoms with van der Waals surface area (Å²) in [5.41, 5.74) is 18.4. The van der Waals surface area contributed by atoms with Gasteiger partial charge in [0.1, 0.15) is 16.9 Å². The molecular formula is C65H72N8O6. The molecule has 0 spiro atoms. The number of nitrogens with one attached hydrogen (secondary N) is 1. The van der Waals surface area contributed by atoms with E-state index >= 15 is 0 Å². The number of hydrogen-bond donors (Lipinski definition) is 2. The van der Waals surface area contributed by atoms with Gasteiger partial charge in [-0.1, -0.05) is 72.8 Å². The summed E-state index contributed by atoms with van der Waals surface area (Å²) in [7, 11) is 0. The van der Waals surface area contributed by atoms with Crippen LogP contribution in [-0.4, -0.2) is 118 Å². The van der Waals surface area contributed by atoms with Crippen LogP contribution in [0.15, 0.2) is 134 Å². The number of fused-ring (bicyclic) bond motifs is 2. The van der Waals surface area contributed by atoms with Crippen molar-refractivity contribution in [3.63, 3.8) is 0 Å². The number of carbonyl (C=O) groups excluding carboxylic acids is 3.